The summed E-state index contributed by atoms with van der Waals surface area (Å²) in [6, 6.07) is -0.652. The molecule has 0 aromatic rings. The van der Waals surface area contributed by atoms with Gasteiger partial charge in [-0.05, 0) is 70.6 Å². The average Bonchev–Trinajstić information content (AvgIpc) is 3.07. The van der Waals surface area contributed by atoms with Crippen molar-refractivity contribution in [2.24, 2.45) is 0 Å². The van der Waals surface area contributed by atoms with Gasteiger partial charge in [0, 0.05) is 6.42 Å². The molecule has 4 nitrogen and oxygen atoms in total. The number of hydrogen-bond donors (Lipinski definition) is 3. The molecule has 0 aliphatic rings. The highest BCUT2D eigenvalue weighted by atomic mass is 16.3. The van der Waals surface area contributed by atoms with Gasteiger partial charge in [0.25, 0.3) is 0 Å². The zero-order valence-corrected chi connectivity index (χ0v) is 31.0. The quantitative estimate of drug-likeness (QED) is 0.0361. The maximum atomic E-state index is 12.3. The molecule has 0 saturated heterocycles. The van der Waals surface area contributed by atoms with Crippen LogP contribution in [-0.4, -0.2) is 34.9 Å². The number of allylic oxidation sites excluding steroid dienone is 9. The molecule has 0 aliphatic heterocycles. The topological polar surface area (TPSA) is 69.6 Å². The van der Waals surface area contributed by atoms with Crippen molar-refractivity contribution in [1.82, 2.24) is 5.32 Å². The Morgan fingerprint density at radius 2 is 0.894 bits per heavy atom. The fourth-order valence-electron chi connectivity index (χ4n) is 5.61. The molecule has 1 amide bonds. The number of carbonyl (C=O) groups excluding carboxylic acids is 1. The van der Waals surface area contributed by atoms with Gasteiger partial charge in [0.2, 0.25) is 5.91 Å². The van der Waals surface area contributed by atoms with Crippen molar-refractivity contribution in [1.29, 1.82) is 0 Å². The predicted octanol–water partition coefficient (Wildman–Crippen LogP) is 12.2. The van der Waals surface area contributed by atoms with Gasteiger partial charge < -0.3 is 15.5 Å². The molecule has 0 heterocycles. The summed E-state index contributed by atoms with van der Waals surface area (Å²) in [6.45, 7) is 4.24. The van der Waals surface area contributed by atoms with E-state index in [4.69, 9.17) is 0 Å². The smallest absolute Gasteiger partial charge is 0.220 e. The second kappa shape index (κ2) is 38.5. The van der Waals surface area contributed by atoms with E-state index in [9.17, 15) is 15.0 Å². The summed E-state index contributed by atoms with van der Waals surface area (Å²) in [7, 11) is 0. The lowest BCUT2D eigenvalue weighted by molar-refractivity contribution is -0.123. The van der Waals surface area contributed by atoms with Crippen LogP contribution in [0.1, 0.15) is 187 Å². The molecule has 3 N–H and O–H groups in total. The summed E-state index contributed by atoms with van der Waals surface area (Å²) < 4.78 is 0. The summed E-state index contributed by atoms with van der Waals surface area (Å²) in [5.74, 6) is -0.0927. The molecule has 2 atom stereocenters. The third-order valence-corrected chi connectivity index (χ3v) is 8.73. The summed E-state index contributed by atoms with van der Waals surface area (Å²) >= 11 is 0. The monoisotopic (exact) mass is 656 g/mol. The van der Waals surface area contributed by atoms with Gasteiger partial charge in [-0.2, -0.15) is 0 Å². The first-order chi connectivity index (χ1) is 23.2. The largest absolute Gasteiger partial charge is 0.394 e. The van der Waals surface area contributed by atoms with E-state index in [0.29, 0.717) is 6.42 Å². The standard InChI is InChI=1S/C43H77NO3/c1-3-5-7-9-11-13-15-17-19-20-21-22-23-25-26-28-30-32-34-36-38-42(46)41(40-45)44-43(47)39-37-35-33-31-29-27-24-18-16-14-12-10-8-6-4-2/h12,14,16,18,22-23,28,30,36,38,41-42,45-46H,3-11,13,15,17,19-21,24-27,29,31-35,37,39-40H2,1-2H3,(H,44,47)/b14-12-,18-16-,23-22+,30-28+,38-36+. The molecule has 272 valence electrons. The fourth-order valence-corrected chi connectivity index (χ4v) is 5.61. The van der Waals surface area contributed by atoms with E-state index >= 15 is 0 Å². The SMILES string of the molecule is CCCCC/C=C\C=C/CCCCCCCCC(=O)NC(CO)C(O)/C=C/CC/C=C/CC/C=C/CCCCCCCCCCCC. The minimum Gasteiger partial charge on any atom is -0.394 e. The Balaban J connectivity index is 3.72. The molecular formula is C43H77NO3. The molecule has 0 radical (unpaired) electrons. The van der Waals surface area contributed by atoms with Gasteiger partial charge in [-0.3, -0.25) is 4.79 Å². The normalized spacial score (nSPS) is 13.7. The molecule has 2 unspecified atom stereocenters. The van der Waals surface area contributed by atoms with Gasteiger partial charge in [0.05, 0.1) is 18.8 Å². The number of carbonyl (C=O) groups is 1. The maximum Gasteiger partial charge on any atom is 0.220 e. The second-order valence-corrected chi connectivity index (χ2v) is 13.4. The predicted molar refractivity (Wildman–Crippen MR) is 207 cm³/mol. The zero-order chi connectivity index (χ0) is 34.3. The van der Waals surface area contributed by atoms with E-state index in [2.05, 4.69) is 67.8 Å². The lowest BCUT2D eigenvalue weighted by Gasteiger charge is -2.19. The van der Waals surface area contributed by atoms with Gasteiger partial charge in [-0.1, -0.05) is 171 Å². The second-order valence-electron chi connectivity index (χ2n) is 13.4. The van der Waals surface area contributed by atoms with Gasteiger partial charge in [0.1, 0.15) is 0 Å². The number of unbranched alkanes of at least 4 members (excludes halogenated alkanes) is 21. The number of amides is 1. The van der Waals surface area contributed by atoms with Crippen LogP contribution in [0.25, 0.3) is 0 Å². The fraction of sp³-hybridized carbons (Fsp3) is 0.744. The first-order valence-electron chi connectivity index (χ1n) is 20.0. The number of hydrogen-bond acceptors (Lipinski definition) is 3. The van der Waals surface area contributed by atoms with Crippen LogP contribution >= 0.6 is 0 Å². The Labute approximate surface area is 292 Å². The third kappa shape index (κ3) is 35.2. The highest BCUT2D eigenvalue weighted by molar-refractivity contribution is 5.76. The van der Waals surface area contributed by atoms with Crippen LogP contribution in [0.2, 0.25) is 0 Å². The lowest BCUT2D eigenvalue weighted by Crippen LogP contribution is -2.45. The Bertz CT molecular complexity index is 797. The van der Waals surface area contributed by atoms with Crippen molar-refractivity contribution in [2.75, 3.05) is 6.61 Å². The van der Waals surface area contributed by atoms with Crippen LogP contribution in [0.5, 0.6) is 0 Å². The Morgan fingerprint density at radius 3 is 1.40 bits per heavy atom. The minimum atomic E-state index is -0.876. The zero-order valence-electron chi connectivity index (χ0n) is 31.0. The Morgan fingerprint density at radius 1 is 0.511 bits per heavy atom. The van der Waals surface area contributed by atoms with Crippen LogP contribution in [0.4, 0.5) is 0 Å². The third-order valence-electron chi connectivity index (χ3n) is 8.73. The van der Waals surface area contributed by atoms with Gasteiger partial charge in [-0.15, -0.1) is 0 Å². The molecule has 4 heteroatoms. The van der Waals surface area contributed by atoms with Crippen LogP contribution in [0.3, 0.4) is 0 Å². The van der Waals surface area contributed by atoms with Crippen molar-refractivity contribution < 1.29 is 15.0 Å². The van der Waals surface area contributed by atoms with Crippen molar-refractivity contribution in [3.8, 4) is 0 Å². The van der Waals surface area contributed by atoms with Crippen molar-refractivity contribution >= 4 is 5.91 Å². The van der Waals surface area contributed by atoms with Gasteiger partial charge >= 0.3 is 0 Å². The summed E-state index contributed by atoms with van der Waals surface area (Å²) in [4.78, 5) is 12.3. The number of nitrogens with one attached hydrogen (secondary N) is 1. The molecule has 0 aromatic heterocycles. The number of rotatable bonds is 35. The van der Waals surface area contributed by atoms with Crippen LogP contribution in [0, 0.1) is 0 Å². The molecule has 47 heavy (non-hydrogen) atoms. The van der Waals surface area contributed by atoms with Crippen LogP contribution in [0.15, 0.2) is 60.8 Å². The molecule has 0 aliphatic carbocycles. The van der Waals surface area contributed by atoms with Gasteiger partial charge in [-0.25, -0.2) is 0 Å². The molecule has 0 spiro atoms. The van der Waals surface area contributed by atoms with E-state index in [1.54, 1.807) is 6.08 Å². The highest BCUT2D eigenvalue weighted by Crippen LogP contribution is 2.12. The van der Waals surface area contributed by atoms with E-state index in [-0.39, 0.29) is 12.5 Å². The van der Waals surface area contributed by atoms with E-state index in [0.717, 1.165) is 51.4 Å². The molecule has 0 aromatic carbocycles. The number of aliphatic hydroxyl groups excluding tert-OH is 2. The van der Waals surface area contributed by atoms with Crippen molar-refractivity contribution in [3.05, 3.63) is 60.8 Å². The summed E-state index contributed by atoms with van der Waals surface area (Å²) in [6.07, 6.45) is 53.1. The first kappa shape index (κ1) is 45.1. The molecule has 0 fully saturated rings. The average molecular weight is 656 g/mol. The van der Waals surface area contributed by atoms with E-state index in [1.165, 1.54) is 116 Å². The summed E-state index contributed by atoms with van der Waals surface area (Å²) in [5.41, 5.74) is 0. The van der Waals surface area contributed by atoms with Gasteiger partial charge in [0.15, 0.2) is 0 Å². The Kier molecular flexibility index (Phi) is 37.0. The Hall–Kier alpha value is -1.91. The van der Waals surface area contributed by atoms with Crippen molar-refractivity contribution in [3.63, 3.8) is 0 Å². The van der Waals surface area contributed by atoms with Crippen molar-refractivity contribution in [2.45, 2.75) is 199 Å². The lowest BCUT2D eigenvalue weighted by atomic mass is 10.1. The first-order valence-corrected chi connectivity index (χ1v) is 20.0. The maximum absolute atomic E-state index is 12.3. The van der Waals surface area contributed by atoms with Crippen LogP contribution < -0.4 is 5.32 Å². The van der Waals surface area contributed by atoms with E-state index in [1.807, 2.05) is 6.08 Å². The molecule has 0 saturated carbocycles. The molecule has 0 bridgehead atoms. The van der Waals surface area contributed by atoms with E-state index < -0.39 is 12.1 Å². The highest BCUT2D eigenvalue weighted by Gasteiger charge is 2.17. The van der Waals surface area contributed by atoms with Crippen LogP contribution in [-0.2, 0) is 4.79 Å². The number of aliphatic hydroxyl groups is 2. The summed E-state index contributed by atoms with van der Waals surface area (Å²) in [5, 5.41) is 22.9. The minimum absolute atomic E-state index is 0.0927. The molecular weight excluding hydrogens is 578 g/mol. The molecule has 0 rings (SSSR count).